The van der Waals surface area contributed by atoms with Crippen molar-refractivity contribution in [2.45, 2.75) is 39.8 Å². The number of likely N-dealkylation sites (N-methyl/N-ethyl adjacent to an activating group) is 1. The molecule has 0 aliphatic carbocycles. The van der Waals surface area contributed by atoms with Gasteiger partial charge in [0.2, 0.25) is 21.8 Å². The first-order valence-corrected chi connectivity index (χ1v) is 12.8. The van der Waals surface area contributed by atoms with Gasteiger partial charge in [-0.25, -0.2) is 12.8 Å². The number of hydrogen-bond acceptors (Lipinski definition) is 4. The van der Waals surface area contributed by atoms with Crippen LogP contribution in [0, 0.1) is 12.7 Å². The van der Waals surface area contributed by atoms with Gasteiger partial charge in [-0.05, 0) is 61.7 Å². The number of carbonyl (C=O) groups is 2. The average Bonchev–Trinajstić information content (AvgIpc) is 2.73. The zero-order valence-electron chi connectivity index (χ0n) is 19.1. The largest absolute Gasteiger partial charge is 0.355 e. The van der Waals surface area contributed by atoms with Crippen LogP contribution in [0.25, 0.3) is 0 Å². The van der Waals surface area contributed by atoms with Crippen LogP contribution < -0.4 is 9.62 Å². The summed E-state index contributed by atoms with van der Waals surface area (Å²) in [7, 11) is -3.83. The molecule has 0 aliphatic rings. The Labute approximate surface area is 199 Å². The Bertz CT molecular complexity index is 1090. The van der Waals surface area contributed by atoms with Crippen LogP contribution >= 0.6 is 11.6 Å². The van der Waals surface area contributed by atoms with Gasteiger partial charge in [0.05, 0.1) is 11.9 Å². The second kappa shape index (κ2) is 11.5. The lowest BCUT2D eigenvalue weighted by Gasteiger charge is -2.33. The maximum Gasteiger partial charge on any atom is 0.244 e. The van der Waals surface area contributed by atoms with Crippen LogP contribution in [0.15, 0.2) is 42.5 Å². The number of nitrogens with one attached hydrogen (secondary N) is 1. The van der Waals surface area contributed by atoms with E-state index in [-0.39, 0.29) is 12.5 Å². The van der Waals surface area contributed by atoms with E-state index in [0.717, 1.165) is 10.6 Å². The third-order valence-corrected chi connectivity index (χ3v) is 6.47. The third-order valence-electron chi connectivity index (χ3n) is 5.11. The van der Waals surface area contributed by atoms with E-state index >= 15 is 0 Å². The van der Waals surface area contributed by atoms with Gasteiger partial charge in [0.1, 0.15) is 18.4 Å². The summed E-state index contributed by atoms with van der Waals surface area (Å²) in [5.74, 6) is -1.32. The number of hydrogen-bond donors (Lipinski definition) is 1. The predicted molar refractivity (Wildman–Crippen MR) is 128 cm³/mol. The van der Waals surface area contributed by atoms with Gasteiger partial charge in [0.15, 0.2) is 0 Å². The maximum atomic E-state index is 13.5. The van der Waals surface area contributed by atoms with Crippen molar-refractivity contribution in [3.8, 4) is 0 Å². The Morgan fingerprint density at radius 1 is 1.12 bits per heavy atom. The fraction of sp³-hybridized carbons (Fsp3) is 0.391. The number of aryl methyl sites for hydroxylation is 1. The highest BCUT2D eigenvalue weighted by molar-refractivity contribution is 7.92. The number of rotatable bonds is 10. The van der Waals surface area contributed by atoms with Gasteiger partial charge in [-0.3, -0.25) is 13.9 Å². The molecule has 33 heavy (non-hydrogen) atoms. The molecule has 1 N–H and O–H groups in total. The highest BCUT2D eigenvalue weighted by atomic mass is 35.5. The summed E-state index contributed by atoms with van der Waals surface area (Å²) in [6, 6.07) is 9.46. The minimum atomic E-state index is -3.83. The van der Waals surface area contributed by atoms with E-state index in [1.54, 1.807) is 32.9 Å². The SMILES string of the molecule is CCNC(=O)[C@@H](CC)N(Cc1ccc(F)cc1)C(=O)CN(c1ccc(Cl)cc1C)S(C)(=O)=O. The van der Waals surface area contributed by atoms with Crippen LogP contribution in [0.4, 0.5) is 10.1 Å². The van der Waals surface area contributed by atoms with Crippen molar-refractivity contribution < 1.29 is 22.4 Å². The number of carbonyl (C=O) groups excluding carboxylic acids is 2. The second-order valence-corrected chi connectivity index (χ2v) is 10.0. The molecule has 0 fully saturated rings. The van der Waals surface area contributed by atoms with E-state index in [2.05, 4.69) is 5.32 Å². The quantitative estimate of drug-likeness (QED) is 0.544. The number of anilines is 1. The van der Waals surface area contributed by atoms with Crippen molar-refractivity contribution in [2.24, 2.45) is 0 Å². The summed E-state index contributed by atoms with van der Waals surface area (Å²) in [5.41, 5.74) is 1.52. The second-order valence-electron chi connectivity index (χ2n) is 7.67. The molecule has 2 amide bonds. The lowest BCUT2D eigenvalue weighted by molar-refractivity contribution is -0.140. The van der Waals surface area contributed by atoms with Gasteiger partial charge >= 0.3 is 0 Å². The standard InChI is InChI=1S/C23H29ClFN3O4S/c1-5-20(23(30)26-6-2)27(14-17-7-10-19(25)11-8-17)22(29)15-28(33(4,31)32)21-12-9-18(24)13-16(21)3/h7-13,20H,5-6,14-15H2,1-4H3,(H,26,30)/t20-/m1/s1. The molecule has 2 aromatic carbocycles. The molecular weight excluding hydrogens is 469 g/mol. The van der Waals surface area contributed by atoms with Crippen molar-refractivity contribution in [1.29, 1.82) is 0 Å². The van der Waals surface area contributed by atoms with Gasteiger partial charge in [-0.1, -0.05) is 30.7 Å². The molecule has 2 rings (SSSR count). The maximum absolute atomic E-state index is 13.5. The van der Waals surface area contributed by atoms with Gasteiger partial charge < -0.3 is 10.2 Å². The molecule has 0 aromatic heterocycles. The number of halogens is 2. The average molecular weight is 498 g/mol. The summed E-state index contributed by atoms with van der Waals surface area (Å²) in [5, 5.41) is 3.16. The van der Waals surface area contributed by atoms with Crippen molar-refractivity contribution in [1.82, 2.24) is 10.2 Å². The number of benzene rings is 2. The summed E-state index contributed by atoms with van der Waals surface area (Å²) >= 11 is 6.00. The van der Waals surface area contributed by atoms with Crippen LogP contribution in [0.3, 0.4) is 0 Å². The first kappa shape index (κ1) is 26.6. The Kier molecular flexibility index (Phi) is 9.25. The third kappa shape index (κ3) is 7.17. The number of sulfonamides is 1. The zero-order chi connectivity index (χ0) is 24.8. The molecule has 0 radical (unpaired) electrons. The van der Waals surface area contributed by atoms with Gasteiger partial charge in [-0.2, -0.15) is 0 Å². The first-order valence-electron chi connectivity index (χ1n) is 10.5. The fourth-order valence-electron chi connectivity index (χ4n) is 3.49. The van der Waals surface area contributed by atoms with Crippen LogP contribution in [0.2, 0.25) is 5.02 Å². The van der Waals surface area contributed by atoms with E-state index in [0.29, 0.717) is 34.8 Å². The van der Waals surface area contributed by atoms with Crippen molar-refractivity contribution in [3.63, 3.8) is 0 Å². The number of amides is 2. The molecule has 180 valence electrons. The smallest absolute Gasteiger partial charge is 0.244 e. The summed E-state index contributed by atoms with van der Waals surface area (Å²) in [4.78, 5) is 27.5. The molecule has 0 unspecified atom stereocenters. The van der Waals surface area contributed by atoms with Crippen molar-refractivity contribution in [3.05, 3.63) is 64.4 Å². The Balaban J connectivity index is 2.45. The minimum absolute atomic E-state index is 0.0198. The zero-order valence-corrected chi connectivity index (χ0v) is 20.7. The summed E-state index contributed by atoms with van der Waals surface area (Å²) < 4.78 is 39.6. The molecule has 10 heteroatoms. The van der Waals surface area contributed by atoms with E-state index < -0.39 is 34.3 Å². The molecule has 0 heterocycles. The molecule has 0 aliphatic heterocycles. The minimum Gasteiger partial charge on any atom is -0.355 e. The summed E-state index contributed by atoms with van der Waals surface area (Å²) in [6.45, 7) is 5.13. The summed E-state index contributed by atoms with van der Waals surface area (Å²) in [6.07, 6.45) is 1.33. The molecule has 0 saturated heterocycles. The highest BCUT2D eigenvalue weighted by Gasteiger charge is 2.31. The molecule has 1 atom stereocenters. The monoisotopic (exact) mass is 497 g/mol. The normalized spacial score (nSPS) is 12.2. The van der Waals surface area contributed by atoms with Gasteiger partial charge in [0, 0.05) is 18.1 Å². The van der Waals surface area contributed by atoms with E-state index in [1.807, 2.05) is 0 Å². The molecule has 7 nitrogen and oxygen atoms in total. The highest BCUT2D eigenvalue weighted by Crippen LogP contribution is 2.26. The lowest BCUT2D eigenvalue weighted by atomic mass is 10.1. The Hall–Kier alpha value is -2.65. The predicted octanol–water partition coefficient (Wildman–Crippen LogP) is 3.50. The van der Waals surface area contributed by atoms with Crippen molar-refractivity contribution in [2.75, 3.05) is 23.7 Å². The van der Waals surface area contributed by atoms with Crippen LogP contribution in [-0.4, -0.2) is 50.5 Å². The van der Waals surface area contributed by atoms with Crippen molar-refractivity contribution >= 4 is 39.1 Å². The molecule has 0 saturated carbocycles. The van der Waals surface area contributed by atoms with Crippen LogP contribution in [0.5, 0.6) is 0 Å². The van der Waals surface area contributed by atoms with Gasteiger partial charge in [-0.15, -0.1) is 0 Å². The Morgan fingerprint density at radius 2 is 1.76 bits per heavy atom. The molecule has 0 bridgehead atoms. The van der Waals surface area contributed by atoms with Crippen LogP contribution in [-0.2, 0) is 26.2 Å². The topological polar surface area (TPSA) is 86.8 Å². The molecular formula is C23H29ClFN3O4S. The fourth-order valence-corrected chi connectivity index (χ4v) is 4.63. The van der Waals surface area contributed by atoms with E-state index in [4.69, 9.17) is 11.6 Å². The molecule has 0 spiro atoms. The van der Waals surface area contributed by atoms with E-state index in [1.165, 1.54) is 35.2 Å². The first-order chi connectivity index (χ1) is 15.5. The lowest BCUT2D eigenvalue weighted by Crippen LogP contribution is -2.52. The Morgan fingerprint density at radius 3 is 2.27 bits per heavy atom. The molecule has 2 aromatic rings. The van der Waals surface area contributed by atoms with Crippen LogP contribution in [0.1, 0.15) is 31.4 Å². The van der Waals surface area contributed by atoms with E-state index in [9.17, 15) is 22.4 Å². The number of nitrogens with zero attached hydrogens (tertiary/aromatic N) is 2. The van der Waals surface area contributed by atoms with Gasteiger partial charge in [0.25, 0.3) is 0 Å².